The van der Waals surface area contributed by atoms with Gasteiger partial charge in [-0.15, -0.1) is 13.2 Å². The molecule has 1 fully saturated rings. The van der Waals surface area contributed by atoms with Crippen LogP contribution in [0, 0.1) is 12.8 Å². The summed E-state index contributed by atoms with van der Waals surface area (Å²) < 4.78 is 112. The number of likely N-dealkylation sites (tertiary alicyclic amines) is 1. The topological polar surface area (TPSA) is 97.8 Å². The Hall–Kier alpha value is -2.74. The van der Waals surface area contributed by atoms with Crippen LogP contribution in [-0.2, 0) is 19.7 Å². The first-order chi connectivity index (χ1) is 18.2. The van der Waals surface area contributed by atoms with Crippen LogP contribution in [0.5, 0.6) is 5.75 Å². The fourth-order valence-electron chi connectivity index (χ4n) is 4.45. The zero-order chi connectivity index (χ0) is 30.7. The van der Waals surface area contributed by atoms with Crippen LogP contribution in [0.2, 0.25) is 0 Å². The highest BCUT2D eigenvalue weighted by molar-refractivity contribution is 7.92. The molecule has 0 N–H and O–H groups in total. The quantitative estimate of drug-likeness (QED) is 0.390. The molecule has 40 heavy (non-hydrogen) atoms. The van der Waals surface area contributed by atoms with Gasteiger partial charge in [0.05, 0.1) is 14.5 Å². The average molecular weight is 614 g/mol. The SMILES string of the molecule is CC(F)F.Cc1ccc(C(=O)N2CCC(C(C)(C)S(=O)(=O)c3cccc(OC(F)(F)F)c3)CC2)cc1S(C)(=O)=O. The van der Waals surface area contributed by atoms with Crippen LogP contribution < -0.4 is 4.74 Å². The number of halogens is 5. The van der Waals surface area contributed by atoms with Crippen LogP contribution in [0.3, 0.4) is 0 Å². The van der Waals surface area contributed by atoms with E-state index in [2.05, 4.69) is 4.74 Å². The van der Waals surface area contributed by atoms with Gasteiger partial charge in [0.1, 0.15) is 5.75 Å². The van der Waals surface area contributed by atoms with E-state index >= 15 is 0 Å². The maximum Gasteiger partial charge on any atom is 0.573 e. The normalized spacial score (nSPS) is 15.4. The van der Waals surface area contributed by atoms with Gasteiger partial charge in [-0.1, -0.05) is 12.1 Å². The number of ether oxygens (including phenoxy) is 1. The molecule has 224 valence electrons. The molecule has 1 saturated heterocycles. The minimum absolute atomic E-state index is 0.0761. The number of amides is 1. The van der Waals surface area contributed by atoms with Gasteiger partial charge in [0.25, 0.3) is 5.91 Å². The Kier molecular flexibility index (Phi) is 10.4. The first-order valence-corrected chi connectivity index (χ1v) is 15.5. The van der Waals surface area contributed by atoms with Crippen LogP contribution in [0.25, 0.3) is 0 Å². The number of hydrogen-bond acceptors (Lipinski definition) is 6. The lowest BCUT2D eigenvalue weighted by molar-refractivity contribution is -0.274. The van der Waals surface area contributed by atoms with Gasteiger partial charge < -0.3 is 9.64 Å². The Balaban J connectivity index is 0.00000131. The van der Waals surface area contributed by atoms with Crippen molar-refractivity contribution >= 4 is 25.6 Å². The van der Waals surface area contributed by atoms with E-state index in [1.165, 1.54) is 32.0 Å². The van der Waals surface area contributed by atoms with E-state index in [0.29, 0.717) is 18.4 Å². The first kappa shape index (κ1) is 33.5. The molecular weight excluding hydrogens is 581 g/mol. The highest BCUT2D eigenvalue weighted by Gasteiger charge is 2.44. The highest BCUT2D eigenvalue weighted by atomic mass is 32.2. The summed E-state index contributed by atoms with van der Waals surface area (Å²) in [4.78, 5) is 14.4. The minimum atomic E-state index is -4.95. The molecule has 0 atom stereocenters. The molecule has 0 radical (unpaired) electrons. The summed E-state index contributed by atoms with van der Waals surface area (Å²) in [5.41, 5.74) is 0.761. The van der Waals surface area contributed by atoms with Crippen molar-refractivity contribution in [2.75, 3.05) is 19.3 Å². The third kappa shape index (κ3) is 8.38. The fourth-order valence-corrected chi connectivity index (χ4v) is 7.26. The second-order valence-electron chi connectivity index (χ2n) is 9.97. The monoisotopic (exact) mass is 613 g/mol. The third-order valence-electron chi connectivity index (χ3n) is 6.64. The molecule has 0 spiro atoms. The van der Waals surface area contributed by atoms with Gasteiger partial charge >= 0.3 is 6.36 Å². The van der Waals surface area contributed by atoms with Gasteiger partial charge in [-0.25, -0.2) is 25.6 Å². The third-order valence-corrected chi connectivity index (χ3v) is 10.5. The molecule has 14 heteroatoms. The molecule has 0 bridgehead atoms. The molecule has 0 aromatic heterocycles. The van der Waals surface area contributed by atoms with Crippen molar-refractivity contribution in [3.05, 3.63) is 53.6 Å². The molecular formula is C26H32F5NO6S2. The van der Waals surface area contributed by atoms with Crippen molar-refractivity contribution in [2.24, 2.45) is 5.92 Å². The molecule has 2 aromatic rings. The van der Waals surface area contributed by atoms with Crippen molar-refractivity contribution in [1.82, 2.24) is 4.90 Å². The minimum Gasteiger partial charge on any atom is -0.406 e. The molecule has 0 saturated carbocycles. The molecule has 1 heterocycles. The lowest BCUT2D eigenvalue weighted by atomic mass is 9.85. The van der Waals surface area contributed by atoms with Crippen molar-refractivity contribution in [2.45, 2.75) is 67.9 Å². The van der Waals surface area contributed by atoms with E-state index < -0.39 is 43.0 Å². The summed E-state index contributed by atoms with van der Waals surface area (Å²) in [5, 5.41) is 0. The van der Waals surface area contributed by atoms with Crippen LogP contribution >= 0.6 is 0 Å². The summed E-state index contributed by atoms with van der Waals surface area (Å²) in [6.45, 7) is 6.04. The van der Waals surface area contributed by atoms with E-state index in [-0.39, 0.29) is 40.3 Å². The van der Waals surface area contributed by atoms with E-state index in [1.54, 1.807) is 24.0 Å². The average Bonchev–Trinajstić information content (AvgIpc) is 2.82. The van der Waals surface area contributed by atoms with Crippen LogP contribution in [0.4, 0.5) is 22.0 Å². The zero-order valence-electron chi connectivity index (χ0n) is 22.6. The Bertz CT molecular complexity index is 1410. The second-order valence-corrected chi connectivity index (χ2v) is 14.5. The van der Waals surface area contributed by atoms with Crippen LogP contribution in [-0.4, -0.2) is 64.5 Å². The lowest BCUT2D eigenvalue weighted by Gasteiger charge is -2.40. The maximum absolute atomic E-state index is 13.4. The van der Waals surface area contributed by atoms with Crippen LogP contribution in [0.1, 0.15) is 49.5 Å². The Labute approximate surface area is 231 Å². The molecule has 0 aliphatic carbocycles. The molecule has 0 unspecified atom stereocenters. The highest BCUT2D eigenvalue weighted by Crippen LogP contribution is 2.39. The largest absolute Gasteiger partial charge is 0.573 e. The summed E-state index contributed by atoms with van der Waals surface area (Å²) in [6, 6.07) is 8.80. The summed E-state index contributed by atoms with van der Waals surface area (Å²) >= 11 is 0. The summed E-state index contributed by atoms with van der Waals surface area (Å²) in [6.07, 6.45) is -5.34. The number of hydrogen-bond donors (Lipinski definition) is 0. The number of nitrogens with zero attached hydrogens (tertiary/aromatic N) is 1. The van der Waals surface area contributed by atoms with E-state index in [9.17, 15) is 43.6 Å². The molecule has 2 aromatic carbocycles. The molecule has 1 aliphatic heterocycles. The van der Waals surface area contributed by atoms with Crippen molar-refractivity contribution in [3.63, 3.8) is 0 Å². The predicted molar refractivity (Wildman–Crippen MR) is 139 cm³/mol. The van der Waals surface area contributed by atoms with Crippen LogP contribution in [0.15, 0.2) is 52.3 Å². The number of aryl methyl sites for hydroxylation is 1. The number of carbonyl (C=O) groups excluding carboxylic acids is 1. The molecule has 3 rings (SSSR count). The van der Waals surface area contributed by atoms with Crippen molar-refractivity contribution in [3.8, 4) is 5.75 Å². The van der Waals surface area contributed by atoms with Gasteiger partial charge in [-0.2, -0.15) is 0 Å². The number of alkyl halides is 5. The first-order valence-electron chi connectivity index (χ1n) is 12.2. The van der Waals surface area contributed by atoms with E-state index in [1.807, 2.05) is 0 Å². The number of piperidine rings is 1. The van der Waals surface area contributed by atoms with Gasteiger partial charge in [-0.05, 0) is 82.3 Å². The number of benzene rings is 2. The van der Waals surface area contributed by atoms with E-state index in [0.717, 1.165) is 25.3 Å². The number of carbonyl (C=O) groups is 1. The van der Waals surface area contributed by atoms with Gasteiger partial charge in [-0.3, -0.25) is 4.79 Å². The van der Waals surface area contributed by atoms with Crippen molar-refractivity contribution < 1.29 is 48.3 Å². The number of rotatable bonds is 6. The van der Waals surface area contributed by atoms with Gasteiger partial charge in [0, 0.05) is 24.9 Å². The number of sulfone groups is 2. The van der Waals surface area contributed by atoms with Gasteiger partial charge in [0.2, 0.25) is 6.43 Å². The van der Waals surface area contributed by atoms with E-state index in [4.69, 9.17) is 0 Å². The Morgan fingerprint density at radius 2 is 1.55 bits per heavy atom. The summed E-state index contributed by atoms with van der Waals surface area (Å²) in [5.74, 6) is -1.34. The van der Waals surface area contributed by atoms with Gasteiger partial charge in [0.15, 0.2) is 19.7 Å². The summed E-state index contributed by atoms with van der Waals surface area (Å²) in [7, 11) is -7.56. The second kappa shape index (κ2) is 12.4. The smallest absolute Gasteiger partial charge is 0.406 e. The fraction of sp³-hybridized carbons (Fsp3) is 0.500. The molecule has 7 nitrogen and oxygen atoms in total. The Morgan fingerprint density at radius 1 is 1.00 bits per heavy atom. The predicted octanol–water partition coefficient (Wildman–Crippen LogP) is 5.67. The Morgan fingerprint density at radius 3 is 2.05 bits per heavy atom. The molecule has 1 amide bonds. The van der Waals surface area contributed by atoms with Crippen molar-refractivity contribution in [1.29, 1.82) is 0 Å². The maximum atomic E-state index is 13.4. The molecule has 1 aliphatic rings. The standard InChI is InChI=1S/C24H28F3NO6S2.C2H4F2/c1-16-8-9-17(14-21(16)35(4,30)31)22(29)28-12-10-18(11-13-28)23(2,3)36(32,33)20-7-5-6-19(15-20)34-24(25,26)27;1-2(3)4/h5-9,14-15,18H,10-13H2,1-4H3;2H,1H3. The lowest BCUT2D eigenvalue weighted by Crippen LogP contribution is -2.47. The zero-order valence-corrected chi connectivity index (χ0v) is 24.3.